The van der Waals surface area contributed by atoms with Crippen LogP contribution in [0.15, 0.2) is 22.6 Å². The monoisotopic (exact) mass is 287 g/mol. The van der Waals surface area contributed by atoms with E-state index in [1.807, 2.05) is 45.9 Å². The summed E-state index contributed by atoms with van der Waals surface area (Å²) in [5, 5.41) is 6.05. The molecule has 0 aliphatic carbocycles. The molecule has 112 valence electrons. The lowest BCUT2D eigenvalue weighted by atomic mass is 10.1. The zero-order valence-corrected chi connectivity index (χ0v) is 12.9. The van der Waals surface area contributed by atoms with Crippen LogP contribution in [0, 0.1) is 20.8 Å². The van der Waals surface area contributed by atoms with E-state index in [1.165, 1.54) is 0 Å². The first kappa shape index (κ1) is 15.1. The summed E-state index contributed by atoms with van der Waals surface area (Å²) in [6.45, 7) is 8.79. The van der Waals surface area contributed by atoms with E-state index in [0.717, 1.165) is 29.2 Å². The van der Waals surface area contributed by atoms with Gasteiger partial charge in [0.1, 0.15) is 5.76 Å². The van der Waals surface area contributed by atoms with Gasteiger partial charge in [0.05, 0.1) is 17.8 Å². The van der Waals surface area contributed by atoms with Crippen LogP contribution in [-0.4, -0.2) is 17.4 Å². The number of nitrogens with one attached hydrogen (secondary N) is 2. The zero-order chi connectivity index (χ0) is 15.4. The van der Waals surface area contributed by atoms with Gasteiger partial charge in [-0.1, -0.05) is 6.07 Å². The Bertz CT molecular complexity index is 627. The van der Waals surface area contributed by atoms with Crippen molar-refractivity contribution in [2.24, 2.45) is 0 Å². The first-order chi connectivity index (χ1) is 10.0. The summed E-state index contributed by atoms with van der Waals surface area (Å²) in [6, 6.07) is 5.72. The summed E-state index contributed by atoms with van der Waals surface area (Å²) in [6.07, 6.45) is 0. The van der Waals surface area contributed by atoms with Crippen LogP contribution in [0.4, 0.5) is 5.69 Å². The maximum absolute atomic E-state index is 12.3. The highest BCUT2D eigenvalue weighted by molar-refractivity contribution is 5.99. The van der Waals surface area contributed by atoms with Gasteiger partial charge in [0, 0.05) is 12.2 Å². The third kappa shape index (κ3) is 3.62. The van der Waals surface area contributed by atoms with Crippen LogP contribution in [0.25, 0.3) is 0 Å². The number of carbonyl (C=O) groups excluding carboxylic acids is 1. The van der Waals surface area contributed by atoms with E-state index in [2.05, 4.69) is 15.6 Å². The Labute approximate surface area is 124 Å². The smallest absolute Gasteiger partial charge is 0.253 e. The van der Waals surface area contributed by atoms with Crippen molar-refractivity contribution in [3.8, 4) is 0 Å². The molecule has 1 heterocycles. The molecule has 0 aliphatic heterocycles. The topological polar surface area (TPSA) is 67.2 Å². The van der Waals surface area contributed by atoms with E-state index in [0.29, 0.717) is 11.5 Å². The Balaban J connectivity index is 2.09. The van der Waals surface area contributed by atoms with Crippen LogP contribution in [-0.2, 0) is 6.54 Å². The molecule has 1 aromatic heterocycles. The molecule has 0 radical (unpaired) electrons. The molecule has 0 fully saturated rings. The Morgan fingerprint density at radius 2 is 2.05 bits per heavy atom. The normalized spacial score (nSPS) is 10.5. The Kier molecular flexibility index (Phi) is 4.62. The third-order valence-electron chi connectivity index (χ3n) is 3.26. The Hall–Kier alpha value is -2.30. The average Bonchev–Trinajstić information content (AvgIpc) is 2.76. The van der Waals surface area contributed by atoms with E-state index >= 15 is 0 Å². The number of hydrogen-bond acceptors (Lipinski definition) is 4. The van der Waals surface area contributed by atoms with Crippen LogP contribution >= 0.6 is 0 Å². The zero-order valence-electron chi connectivity index (χ0n) is 12.9. The van der Waals surface area contributed by atoms with Gasteiger partial charge in [-0.2, -0.15) is 0 Å². The molecule has 2 aromatic rings. The molecule has 0 spiro atoms. The summed E-state index contributed by atoms with van der Waals surface area (Å²) in [4.78, 5) is 16.5. The van der Waals surface area contributed by atoms with Crippen LogP contribution in [0.2, 0.25) is 0 Å². The predicted molar refractivity (Wildman–Crippen MR) is 82.5 cm³/mol. The number of aromatic nitrogens is 1. The number of oxazole rings is 1. The molecule has 0 bridgehead atoms. The van der Waals surface area contributed by atoms with E-state index in [4.69, 9.17) is 4.42 Å². The first-order valence-electron chi connectivity index (χ1n) is 7.07. The molecule has 21 heavy (non-hydrogen) atoms. The average molecular weight is 287 g/mol. The quantitative estimate of drug-likeness (QED) is 0.887. The second-order valence-corrected chi connectivity index (χ2v) is 5.01. The van der Waals surface area contributed by atoms with Crippen molar-refractivity contribution < 1.29 is 9.21 Å². The number of benzene rings is 1. The highest BCUT2D eigenvalue weighted by Gasteiger charge is 2.13. The van der Waals surface area contributed by atoms with Crippen LogP contribution in [0.1, 0.15) is 40.2 Å². The van der Waals surface area contributed by atoms with E-state index < -0.39 is 0 Å². The highest BCUT2D eigenvalue weighted by Crippen LogP contribution is 2.17. The maximum Gasteiger partial charge on any atom is 0.253 e. The van der Waals surface area contributed by atoms with Crippen LogP contribution in [0.5, 0.6) is 0 Å². The molecular formula is C16H21N3O2. The third-order valence-corrected chi connectivity index (χ3v) is 3.26. The molecular weight excluding hydrogens is 266 g/mol. The van der Waals surface area contributed by atoms with Crippen molar-refractivity contribution in [2.75, 3.05) is 11.9 Å². The predicted octanol–water partition coefficient (Wildman–Crippen LogP) is 2.96. The largest absolute Gasteiger partial charge is 0.444 e. The van der Waals surface area contributed by atoms with Crippen LogP contribution in [0.3, 0.4) is 0 Å². The van der Waals surface area contributed by atoms with Gasteiger partial charge in [-0.05, 0) is 45.4 Å². The van der Waals surface area contributed by atoms with Gasteiger partial charge < -0.3 is 15.1 Å². The van der Waals surface area contributed by atoms with Gasteiger partial charge in [-0.25, -0.2) is 4.98 Å². The first-order valence-corrected chi connectivity index (χ1v) is 7.07. The summed E-state index contributed by atoms with van der Waals surface area (Å²) in [7, 11) is 0. The molecule has 2 rings (SSSR count). The Morgan fingerprint density at radius 3 is 2.67 bits per heavy atom. The van der Waals surface area contributed by atoms with Crippen molar-refractivity contribution in [3.63, 3.8) is 0 Å². The summed E-state index contributed by atoms with van der Waals surface area (Å²) >= 11 is 0. The fourth-order valence-corrected chi connectivity index (χ4v) is 2.06. The molecule has 1 aromatic carbocycles. The van der Waals surface area contributed by atoms with Crippen molar-refractivity contribution in [1.82, 2.24) is 10.3 Å². The second kappa shape index (κ2) is 6.43. The number of amides is 1. The van der Waals surface area contributed by atoms with Gasteiger partial charge in [0.25, 0.3) is 5.91 Å². The summed E-state index contributed by atoms with van der Waals surface area (Å²) in [5.74, 6) is 1.16. The van der Waals surface area contributed by atoms with Gasteiger partial charge in [0.15, 0.2) is 0 Å². The van der Waals surface area contributed by atoms with E-state index in [-0.39, 0.29) is 12.5 Å². The number of rotatable bonds is 5. The fraction of sp³-hybridized carbons (Fsp3) is 0.375. The lowest BCUT2D eigenvalue weighted by Gasteiger charge is -2.11. The number of anilines is 1. The fourth-order valence-electron chi connectivity index (χ4n) is 2.06. The highest BCUT2D eigenvalue weighted by atomic mass is 16.4. The van der Waals surface area contributed by atoms with E-state index in [1.54, 1.807) is 0 Å². The lowest BCUT2D eigenvalue weighted by Crippen LogP contribution is -2.24. The molecule has 2 N–H and O–H groups in total. The standard InChI is InChI=1S/C16H21N3O2/c1-5-17-14-8-10(2)6-7-13(14)16(20)18-9-15-19-11(3)12(4)21-15/h6-8,17H,5,9H2,1-4H3,(H,18,20). The molecule has 1 amide bonds. The van der Waals surface area contributed by atoms with Crippen LogP contribution < -0.4 is 10.6 Å². The lowest BCUT2D eigenvalue weighted by molar-refractivity contribution is 0.0948. The van der Waals surface area contributed by atoms with Gasteiger partial charge in [-0.15, -0.1) is 0 Å². The number of aryl methyl sites for hydroxylation is 3. The van der Waals surface area contributed by atoms with Crippen molar-refractivity contribution in [2.45, 2.75) is 34.2 Å². The SMILES string of the molecule is CCNc1cc(C)ccc1C(=O)NCc1nc(C)c(C)o1. The molecule has 5 heteroatoms. The summed E-state index contributed by atoms with van der Waals surface area (Å²) in [5.41, 5.74) is 3.43. The minimum Gasteiger partial charge on any atom is -0.444 e. The van der Waals surface area contributed by atoms with Gasteiger partial charge >= 0.3 is 0 Å². The van der Waals surface area contributed by atoms with Crippen molar-refractivity contribution in [3.05, 3.63) is 46.7 Å². The second-order valence-electron chi connectivity index (χ2n) is 5.01. The van der Waals surface area contributed by atoms with E-state index in [9.17, 15) is 4.79 Å². The minimum absolute atomic E-state index is 0.139. The van der Waals surface area contributed by atoms with Crippen molar-refractivity contribution >= 4 is 11.6 Å². The summed E-state index contributed by atoms with van der Waals surface area (Å²) < 4.78 is 5.46. The Morgan fingerprint density at radius 1 is 1.29 bits per heavy atom. The molecule has 5 nitrogen and oxygen atoms in total. The molecule has 0 atom stereocenters. The molecule has 0 aliphatic rings. The number of carbonyl (C=O) groups is 1. The molecule has 0 saturated carbocycles. The van der Waals surface area contributed by atoms with Crippen molar-refractivity contribution in [1.29, 1.82) is 0 Å². The van der Waals surface area contributed by atoms with Gasteiger partial charge in [0.2, 0.25) is 5.89 Å². The molecule has 0 unspecified atom stereocenters. The van der Waals surface area contributed by atoms with Gasteiger partial charge in [-0.3, -0.25) is 4.79 Å². The number of nitrogens with zero attached hydrogens (tertiary/aromatic N) is 1. The minimum atomic E-state index is -0.139. The molecule has 0 saturated heterocycles. The number of hydrogen-bond donors (Lipinski definition) is 2. The maximum atomic E-state index is 12.3.